The molecule has 1 heterocycles. The summed E-state index contributed by atoms with van der Waals surface area (Å²) in [6.45, 7) is 1.72. The van der Waals surface area contributed by atoms with Crippen LogP contribution in [0.3, 0.4) is 0 Å². The molecule has 3 rings (SSSR count). The Morgan fingerprint density at radius 1 is 1.37 bits per heavy atom. The zero-order chi connectivity index (χ0) is 19.4. The standard InChI is InChI=1S/C20H23ClN2O4/c1-13(18(24)23-20(12-22)7-3-2-4-8-20)27-19(25)15-9-14-10-16(21)5-6-17(14)26-11-15/h5-6,10,13,15H,2-4,7-9,11H2,1H3,(H,23,24)/t13-,15+/m0/s1. The number of carbonyl (C=O) groups excluding carboxylic acids is 2. The summed E-state index contributed by atoms with van der Waals surface area (Å²) in [4.78, 5) is 24.9. The molecule has 1 aromatic carbocycles. The number of carbonyl (C=O) groups is 2. The van der Waals surface area contributed by atoms with Crippen LogP contribution in [0.15, 0.2) is 18.2 Å². The van der Waals surface area contributed by atoms with E-state index in [1.54, 1.807) is 18.2 Å². The minimum atomic E-state index is -0.967. The first kappa shape index (κ1) is 19.5. The van der Waals surface area contributed by atoms with Crippen molar-refractivity contribution in [1.29, 1.82) is 5.26 Å². The fraction of sp³-hybridized carbons (Fsp3) is 0.550. The summed E-state index contributed by atoms with van der Waals surface area (Å²) >= 11 is 6.00. The average Bonchev–Trinajstić information content (AvgIpc) is 2.67. The van der Waals surface area contributed by atoms with Crippen LogP contribution in [0.4, 0.5) is 0 Å². The van der Waals surface area contributed by atoms with Crippen LogP contribution < -0.4 is 10.1 Å². The number of benzene rings is 1. The van der Waals surface area contributed by atoms with Gasteiger partial charge in [0.2, 0.25) is 0 Å². The third-order valence-electron chi connectivity index (χ3n) is 5.21. The third kappa shape index (κ3) is 4.54. The van der Waals surface area contributed by atoms with Crippen molar-refractivity contribution in [1.82, 2.24) is 5.32 Å². The number of esters is 1. The van der Waals surface area contributed by atoms with Gasteiger partial charge in [0.1, 0.15) is 17.9 Å². The molecule has 1 amide bonds. The molecule has 0 radical (unpaired) electrons. The van der Waals surface area contributed by atoms with Crippen LogP contribution in [0.2, 0.25) is 5.02 Å². The van der Waals surface area contributed by atoms with Gasteiger partial charge in [-0.25, -0.2) is 0 Å². The lowest BCUT2D eigenvalue weighted by Crippen LogP contribution is -2.52. The number of fused-ring (bicyclic) bond motifs is 1. The van der Waals surface area contributed by atoms with Crippen LogP contribution in [-0.4, -0.2) is 30.1 Å². The van der Waals surface area contributed by atoms with Crippen molar-refractivity contribution in [2.75, 3.05) is 6.61 Å². The van der Waals surface area contributed by atoms with E-state index in [1.807, 2.05) is 0 Å². The average molecular weight is 391 g/mol. The fourth-order valence-corrected chi connectivity index (χ4v) is 3.79. The second-order valence-corrected chi connectivity index (χ2v) is 7.72. The Labute approximate surface area is 163 Å². The molecule has 2 atom stereocenters. The molecule has 1 fully saturated rings. The summed E-state index contributed by atoms with van der Waals surface area (Å²) in [5, 5.41) is 12.8. The van der Waals surface area contributed by atoms with Crippen molar-refractivity contribution >= 4 is 23.5 Å². The number of halogens is 1. The minimum Gasteiger partial charge on any atom is -0.492 e. The molecule has 0 unspecified atom stereocenters. The van der Waals surface area contributed by atoms with Gasteiger partial charge in [-0.1, -0.05) is 30.9 Å². The molecular weight excluding hydrogens is 368 g/mol. The van der Waals surface area contributed by atoms with Crippen LogP contribution in [0.5, 0.6) is 5.75 Å². The van der Waals surface area contributed by atoms with Crippen molar-refractivity contribution in [3.63, 3.8) is 0 Å². The number of amides is 1. The topological polar surface area (TPSA) is 88.4 Å². The molecule has 2 aliphatic rings. The Morgan fingerprint density at radius 2 is 2.11 bits per heavy atom. The van der Waals surface area contributed by atoms with Crippen molar-refractivity contribution in [3.8, 4) is 11.8 Å². The number of rotatable bonds is 4. The van der Waals surface area contributed by atoms with Crippen LogP contribution >= 0.6 is 11.6 Å². The van der Waals surface area contributed by atoms with Gasteiger partial charge in [-0.2, -0.15) is 5.26 Å². The molecular formula is C20H23ClN2O4. The largest absolute Gasteiger partial charge is 0.492 e. The highest BCUT2D eigenvalue weighted by atomic mass is 35.5. The van der Waals surface area contributed by atoms with Gasteiger partial charge >= 0.3 is 5.97 Å². The van der Waals surface area contributed by atoms with E-state index in [2.05, 4.69) is 11.4 Å². The number of nitrogens with zero attached hydrogens (tertiary/aromatic N) is 1. The predicted molar refractivity (Wildman–Crippen MR) is 99.3 cm³/mol. The van der Waals surface area contributed by atoms with Crippen LogP contribution in [-0.2, 0) is 20.7 Å². The van der Waals surface area contributed by atoms with Crippen LogP contribution in [0.1, 0.15) is 44.6 Å². The molecule has 1 aliphatic heterocycles. The highest BCUT2D eigenvalue weighted by molar-refractivity contribution is 6.30. The van der Waals surface area contributed by atoms with Crippen molar-refractivity contribution < 1.29 is 19.1 Å². The highest BCUT2D eigenvalue weighted by Crippen LogP contribution is 2.31. The molecule has 144 valence electrons. The molecule has 0 aromatic heterocycles. The molecule has 27 heavy (non-hydrogen) atoms. The van der Waals surface area contributed by atoms with E-state index in [1.165, 1.54) is 6.92 Å². The maximum atomic E-state index is 12.5. The third-order valence-corrected chi connectivity index (χ3v) is 5.44. The van der Waals surface area contributed by atoms with E-state index < -0.39 is 29.4 Å². The normalized spacial score (nSPS) is 21.7. The SMILES string of the molecule is C[C@H](OC(=O)[C@H]1COc2ccc(Cl)cc2C1)C(=O)NC1(C#N)CCCCC1. The van der Waals surface area contributed by atoms with Gasteiger partial charge in [-0.15, -0.1) is 0 Å². The molecule has 7 heteroatoms. The first-order chi connectivity index (χ1) is 12.9. The van der Waals surface area contributed by atoms with E-state index in [9.17, 15) is 14.9 Å². The van der Waals surface area contributed by atoms with Gasteiger partial charge in [0.15, 0.2) is 6.10 Å². The Morgan fingerprint density at radius 3 is 2.81 bits per heavy atom. The summed E-state index contributed by atoms with van der Waals surface area (Å²) in [6.07, 6.45) is 3.62. The lowest BCUT2D eigenvalue weighted by molar-refractivity contribution is -0.160. The summed E-state index contributed by atoms with van der Waals surface area (Å²) in [6, 6.07) is 7.52. The van der Waals surface area contributed by atoms with Crippen LogP contribution in [0.25, 0.3) is 0 Å². The Kier molecular flexibility index (Phi) is 5.91. The fourth-order valence-electron chi connectivity index (χ4n) is 3.60. The molecule has 1 N–H and O–H groups in total. The lowest BCUT2D eigenvalue weighted by atomic mass is 9.83. The molecule has 1 saturated carbocycles. The minimum absolute atomic E-state index is 0.198. The van der Waals surface area contributed by atoms with Gasteiger partial charge in [0.05, 0.1) is 12.0 Å². The second-order valence-electron chi connectivity index (χ2n) is 7.29. The Balaban J connectivity index is 1.57. The molecule has 0 spiro atoms. The number of hydrogen-bond acceptors (Lipinski definition) is 5. The van der Waals surface area contributed by atoms with E-state index in [0.29, 0.717) is 30.0 Å². The Bertz CT molecular complexity index is 768. The molecule has 6 nitrogen and oxygen atoms in total. The molecule has 1 aromatic rings. The summed E-state index contributed by atoms with van der Waals surface area (Å²) in [7, 11) is 0. The van der Waals surface area contributed by atoms with Crippen molar-refractivity contribution in [3.05, 3.63) is 28.8 Å². The first-order valence-electron chi connectivity index (χ1n) is 9.27. The number of nitrogens with one attached hydrogen (secondary N) is 1. The summed E-state index contributed by atoms with van der Waals surface area (Å²) in [5.41, 5.74) is -0.00180. The highest BCUT2D eigenvalue weighted by Gasteiger charge is 2.36. The number of nitriles is 1. The predicted octanol–water partition coefficient (Wildman–Crippen LogP) is 3.17. The molecule has 1 aliphatic carbocycles. The van der Waals surface area contributed by atoms with Crippen molar-refractivity contribution in [2.45, 2.75) is 57.1 Å². The van der Waals surface area contributed by atoms with Gasteiger partial charge in [-0.3, -0.25) is 9.59 Å². The van der Waals surface area contributed by atoms with E-state index in [0.717, 1.165) is 24.8 Å². The van der Waals surface area contributed by atoms with Gasteiger partial charge < -0.3 is 14.8 Å². The van der Waals surface area contributed by atoms with E-state index in [4.69, 9.17) is 21.1 Å². The molecule has 0 saturated heterocycles. The second kappa shape index (κ2) is 8.18. The zero-order valence-corrected chi connectivity index (χ0v) is 16.1. The van der Waals surface area contributed by atoms with Gasteiger partial charge in [0, 0.05) is 5.02 Å². The zero-order valence-electron chi connectivity index (χ0n) is 15.3. The maximum absolute atomic E-state index is 12.5. The van der Waals surface area contributed by atoms with Gasteiger partial charge in [-0.05, 0) is 49.9 Å². The quantitative estimate of drug-likeness (QED) is 0.797. The summed E-state index contributed by atoms with van der Waals surface area (Å²) < 4.78 is 11.0. The molecule has 0 bridgehead atoms. The number of hydrogen-bond donors (Lipinski definition) is 1. The van der Waals surface area contributed by atoms with Crippen molar-refractivity contribution in [2.24, 2.45) is 5.92 Å². The summed E-state index contributed by atoms with van der Waals surface area (Å²) in [5.74, 6) is -0.710. The maximum Gasteiger partial charge on any atom is 0.313 e. The van der Waals surface area contributed by atoms with Crippen LogP contribution in [0, 0.1) is 17.2 Å². The van der Waals surface area contributed by atoms with E-state index >= 15 is 0 Å². The lowest BCUT2D eigenvalue weighted by Gasteiger charge is -2.32. The Hall–Kier alpha value is -2.26. The van der Waals surface area contributed by atoms with Gasteiger partial charge in [0.25, 0.3) is 5.91 Å². The van der Waals surface area contributed by atoms with E-state index in [-0.39, 0.29) is 6.61 Å². The monoisotopic (exact) mass is 390 g/mol. The smallest absolute Gasteiger partial charge is 0.313 e. The first-order valence-corrected chi connectivity index (χ1v) is 9.65. The number of ether oxygens (including phenoxy) is 2.